The van der Waals surface area contributed by atoms with Gasteiger partial charge in [0.05, 0.1) is 0 Å². The summed E-state index contributed by atoms with van der Waals surface area (Å²) in [6.07, 6.45) is 4.84. The predicted molar refractivity (Wildman–Crippen MR) is 78.9 cm³/mol. The Morgan fingerprint density at radius 2 is 2.10 bits per heavy atom. The molecule has 1 aromatic heterocycles. The third kappa shape index (κ3) is 3.77. The number of rotatable bonds is 5. The molecule has 1 aromatic rings. The van der Waals surface area contributed by atoms with Gasteiger partial charge >= 0.3 is 0 Å². The molecule has 2 rings (SSSR count). The summed E-state index contributed by atoms with van der Waals surface area (Å²) in [6.45, 7) is 6.42. The van der Waals surface area contributed by atoms with Crippen molar-refractivity contribution in [1.29, 1.82) is 0 Å². The average molecular weight is 297 g/mol. The van der Waals surface area contributed by atoms with Gasteiger partial charge < -0.3 is 5.32 Å². The molecule has 0 aromatic carbocycles. The number of sulfonamides is 1. The molecular formula is C14H23N3O2S. The van der Waals surface area contributed by atoms with E-state index in [1.807, 2.05) is 0 Å². The van der Waals surface area contributed by atoms with Gasteiger partial charge in [-0.1, -0.05) is 13.8 Å². The number of nitrogens with zero attached hydrogens (tertiary/aromatic N) is 2. The first-order valence-electron chi connectivity index (χ1n) is 7.13. The van der Waals surface area contributed by atoms with Gasteiger partial charge in [0.15, 0.2) is 0 Å². The minimum atomic E-state index is -3.37. The minimum Gasteiger partial charge on any atom is -0.314 e. The zero-order valence-corrected chi connectivity index (χ0v) is 12.9. The number of pyridine rings is 1. The Morgan fingerprint density at radius 1 is 1.40 bits per heavy atom. The van der Waals surface area contributed by atoms with Crippen LogP contribution in [0.5, 0.6) is 0 Å². The first kappa shape index (κ1) is 15.4. The van der Waals surface area contributed by atoms with Gasteiger partial charge in [0.25, 0.3) is 0 Å². The molecule has 1 aliphatic rings. The highest BCUT2D eigenvalue weighted by Crippen LogP contribution is 2.22. The molecule has 1 aliphatic heterocycles. The second kappa shape index (κ2) is 6.65. The van der Waals surface area contributed by atoms with E-state index in [-0.39, 0.29) is 0 Å². The molecule has 0 atom stereocenters. The molecule has 1 N–H and O–H groups in total. The fourth-order valence-corrected chi connectivity index (χ4v) is 3.84. The van der Waals surface area contributed by atoms with Crippen LogP contribution in [0.1, 0.15) is 26.7 Å². The molecular weight excluding hydrogens is 274 g/mol. The molecule has 2 heterocycles. The maximum atomic E-state index is 12.4. The summed E-state index contributed by atoms with van der Waals surface area (Å²) in [4.78, 5) is 4.18. The SMILES string of the molecule is CC(C)NCC1CCN(S(=O)(=O)c2cccnc2)CC1. The summed E-state index contributed by atoms with van der Waals surface area (Å²) >= 11 is 0. The van der Waals surface area contributed by atoms with Crippen molar-refractivity contribution in [3.05, 3.63) is 24.5 Å². The van der Waals surface area contributed by atoms with Crippen LogP contribution in [-0.4, -0.2) is 43.4 Å². The fraction of sp³-hybridized carbons (Fsp3) is 0.643. The van der Waals surface area contributed by atoms with Gasteiger partial charge in [-0.25, -0.2) is 8.42 Å². The van der Waals surface area contributed by atoms with E-state index in [1.165, 1.54) is 6.20 Å². The maximum absolute atomic E-state index is 12.4. The van der Waals surface area contributed by atoms with Gasteiger partial charge in [0.1, 0.15) is 4.90 Å². The van der Waals surface area contributed by atoms with Crippen molar-refractivity contribution >= 4 is 10.0 Å². The van der Waals surface area contributed by atoms with E-state index in [2.05, 4.69) is 24.1 Å². The Labute approximate surface area is 121 Å². The third-order valence-electron chi connectivity index (χ3n) is 3.66. The fourth-order valence-electron chi connectivity index (χ4n) is 2.40. The molecule has 0 radical (unpaired) electrons. The highest BCUT2D eigenvalue weighted by atomic mass is 32.2. The Kier molecular flexibility index (Phi) is 5.12. The van der Waals surface area contributed by atoms with Crippen LogP contribution in [0, 0.1) is 5.92 Å². The van der Waals surface area contributed by atoms with Crippen LogP contribution in [0.15, 0.2) is 29.4 Å². The van der Waals surface area contributed by atoms with Gasteiger partial charge in [0, 0.05) is 31.5 Å². The van der Waals surface area contributed by atoms with Gasteiger partial charge in [-0.05, 0) is 37.4 Å². The maximum Gasteiger partial charge on any atom is 0.244 e. The van der Waals surface area contributed by atoms with Crippen LogP contribution >= 0.6 is 0 Å². The number of nitrogens with one attached hydrogen (secondary N) is 1. The Morgan fingerprint density at radius 3 is 2.65 bits per heavy atom. The summed E-state index contributed by atoms with van der Waals surface area (Å²) in [5.41, 5.74) is 0. The topological polar surface area (TPSA) is 62.3 Å². The molecule has 0 amide bonds. The van der Waals surface area contributed by atoms with Crippen LogP contribution in [0.4, 0.5) is 0 Å². The van der Waals surface area contributed by atoms with E-state index in [0.29, 0.717) is 29.9 Å². The lowest BCUT2D eigenvalue weighted by atomic mass is 9.98. The minimum absolute atomic E-state index is 0.291. The monoisotopic (exact) mass is 297 g/mol. The normalized spacial score (nSPS) is 18.6. The molecule has 0 unspecified atom stereocenters. The second-order valence-electron chi connectivity index (χ2n) is 5.60. The zero-order valence-electron chi connectivity index (χ0n) is 12.1. The standard InChI is InChI=1S/C14H23N3O2S/c1-12(2)16-10-13-5-8-17(9-6-13)20(18,19)14-4-3-7-15-11-14/h3-4,7,11-13,16H,5-6,8-10H2,1-2H3. The quantitative estimate of drug-likeness (QED) is 0.894. The van der Waals surface area contributed by atoms with Crippen molar-refractivity contribution in [1.82, 2.24) is 14.6 Å². The van der Waals surface area contributed by atoms with E-state index >= 15 is 0 Å². The zero-order chi connectivity index (χ0) is 14.6. The predicted octanol–water partition coefficient (Wildman–Crippen LogP) is 1.48. The van der Waals surface area contributed by atoms with Crippen LogP contribution in [-0.2, 0) is 10.0 Å². The van der Waals surface area contributed by atoms with Crippen LogP contribution in [0.2, 0.25) is 0 Å². The highest BCUT2D eigenvalue weighted by Gasteiger charge is 2.29. The molecule has 20 heavy (non-hydrogen) atoms. The molecule has 0 spiro atoms. The van der Waals surface area contributed by atoms with E-state index in [4.69, 9.17) is 0 Å². The van der Waals surface area contributed by atoms with Crippen LogP contribution < -0.4 is 5.32 Å². The number of hydrogen-bond acceptors (Lipinski definition) is 4. The second-order valence-corrected chi connectivity index (χ2v) is 7.54. The van der Waals surface area contributed by atoms with Crippen molar-refractivity contribution in [3.63, 3.8) is 0 Å². The largest absolute Gasteiger partial charge is 0.314 e. The first-order valence-corrected chi connectivity index (χ1v) is 8.57. The van der Waals surface area contributed by atoms with E-state index in [0.717, 1.165) is 19.4 Å². The van der Waals surface area contributed by atoms with Crippen molar-refractivity contribution in [3.8, 4) is 0 Å². The lowest BCUT2D eigenvalue weighted by Crippen LogP contribution is -2.41. The number of hydrogen-bond donors (Lipinski definition) is 1. The van der Waals surface area contributed by atoms with Gasteiger partial charge in [-0.15, -0.1) is 0 Å². The molecule has 0 aliphatic carbocycles. The summed E-state index contributed by atoms with van der Waals surface area (Å²) in [7, 11) is -3.37. The van der Waals surface area contributed by atoms with E-state index < -0.39 is 10.0 Å². The van der Waals surface area contributed by atoms with Crippen molar-refractivity contribution < 1.29 is 8.42 Å². The Balaban J connectivity index is 1.94. The summed E-state index contributed by atoms with van der Waals surface area (Å²) in [6, 6.07) is 3.74. The smallest absolute Gasteiger partial charge is 0.244 e. The van der Waals surface area contributed by atoms with Gasteiger partial charge in [-0.3, -0.25) is 4.98 Å². The molecule has 0 saturated carbocycles. The molecule has 5 nitrogen and oxygen atoms in total. The lowest BCUT2D eigenvalue weighted by molar-refractivity contribution is 0.264. The number of piperidine rings is 1. The molecule has 0 bridgehead atoms. The summed E-state index contributed by atoms with van der Waals surface area (Å²) in [5.74, 6) is 0.567. The van der Waals surface area contributed by atoms with Crippen molar-refractivity contribution in [2.45, 2.75) is 37.6 Å². The van der Waals surface area contributed by atoms with Gasteiger partial charge in [-0.2, -0.15) is 4.31 Å². The van der Waals surface area contributed by atoms with E-state index in [9.17, 15) is 8.42 Å². The van der Waals surface area contributed by atoms with Crippen molar-refractivity contribution in [2.75, 3.05) is 19.6 Å². The summed E-state index contributed by atoms with van der Waals surface area (Å²) in [5, 5.41) is 3.42. The van der Waals surface area contributed by atoms with Gasteiger partial charge in [0.2, 0.25) is 10.0 Å². The van der Waals surface area contributed by atoms with Crippen LogP contribution in [0.3, 0.4) is 0 Å². The molecule has 112 valence electrons. The van der Waals surface area contributed by atoms with Crippen molar-refractivity contribution in [2.24, 2.45) is 5.92 Å². The van der Waals surface area contributed by atoms with E-state index in [1.54, 1.807) is 22.6 Å². The number of aromatic nitrogens is 1. The Bertz CT molecular complexity index is 508. The first-order chi connectivity index (χ1) is 9.50. The molecule has 1 fully saturated rings. The Hall–Kier alpha value is -0.980. The average Bonchev–Trinajstić information content (AvgIpc) is 2.46. The summed E-state index contributed by atoms with van der Waals surface area (Å²) < 4.78 is 26.4. The highest BCUT2D eigenvalue weighted by molar-refractivity contribution is 7.89. The molecule has 6 heteroatoms. The lowest BCUT2D eigenvalue weighted by Gasteiger charge is -2.31. The van der Waals surface area contributed by atoms with Crippen LogP contribution in [0.25, 0.3) is 0 Å². The molecule has 1 saturated heterocycles. The third-order valence-corrected chi connectivity index (χ3v) is 5.54.